The molecule has 2 aromatic rings. The summed E-state index contributed by atoms with van der Waals surface area (Å²) in [6.45, 7) is 2.13. The molecule has 2 atom stereocenters. The number of aryl methyl sites for hydroxylation is 2. The van der Waals surface area contributed by atoms with E-state index in [1.54, 1.807) is 0 Å². The molecule has 0 saturated heterocycles. The zero-order valence-corrected chi connectivity index (χ0v) is 12.0. The van der Waals surface area contributed by atoms with E-state index in [0.717, 1.165) is 24.8 Å². The lowest BCUT2D eigenvalue weighted by Gasteiger charge is -2.22. The van der Waals surface area contributed by atoms with Gasteiger partial charge in [-0.15, -0.1) is 0 Å². The van der Waals surface area contributed by atoms with E-state index in [0.29, 0.717) is 5.92 Å². The van der Waals surface area contributed by atoms with Gasteiger partial charge in [0.05, 0.1) is 6.10 Å². The normalized spacial score (nSPS) is 22.1. The molecule has 1 N–H and O–H groups in total. The van der Waals surface area contributed by atoms with Crippen molar-refractivity contribution in [1.82, 2.24) is 0 Å². The Morgan fingerprint density at radius 1 is 1.10 bits per heavy atom. The van der Waals surface area contributed by atoms with Gasteiger partial charge in [-0.1, -0.05) is 54.1 Å². The number of aliphatic hydroxyl groups is 1. The fourth-order valence-electron chi connectivity index (χ4n) is 3.37. The maximum atomic E-state index is 10.7. The zero-order valence-electron chi connectivity index (χ0n) is 12.0. The highest BCUT2D eigenvalue weighted by Crippen LogP contribution is 2.35. The van der Waals surface area contributed by atoms with Crippen LogP contribution in [0.5, 0.6) is 0 Å². The topological polar surface area (TPSA) is 20.2 Å². The van der Waals surface area contributed by atoms with Crippen LogP contribution in [0.15, 0.2) is 48.5 Å². The SMILES string of the molecule is Cc1cccc(CC2CCCc3ccccc3C2O)c1. The second-order valence-corrected chi connectivity index (χ2v) is 5.99. The van der Waals surface area contributed by atoms with Crippen molar-refractivity contribution in [3.05, 3.63) is 70.8 Å². The van der Waals surface area contributed by atoms with Crippen LogP contribution >= 0.6 is 0 Å². The molecule has 2 aromatic carbocycles. The predicted octanol–water partition coefficient (Wildman–Crippen LogP) is 4.22. The van der Waals surface area contributed by atoms with Crippen LogP contribution in [-0.2, 0) is 12.8 Å². The highest BCUT2D eigenvalue weighted by atomic mass is 16.3. The third-order valence-electron chi connectivity index (χ3n) is 4.42. The van der Waals surface area contributed by atoms with Gasteiger partial charge in [0.15, 0.2) is 0 Å². The molecule has 20 heavy (non-hydrogen) atoms. The summed E-state index contributed by atoms with van der Waals surface area (Å²) in [4.78, 5) is 0. The van der Waals surface area contributed by atoms with Crippen molar-refractivity contribution in [2.45, 2.75) is 38.7 Å². The van der Waals surface area contributed by atoms with Gasteiger partial charge in [0, 0.05) is 0 Å². The van der Waals surface area contributed by atoms with Crippen molar-refractivity contribution >= 4 is 0 Å². The first-order valence-electron chi connectivity index (χ1n) is 7.55. The molecular formula is C19H22O. The number of fused-ring (bicyclic) bond motifs is 1. The molecule has 0 amide bonds. The maximum Gasteiger partial charge on any atom is 0.0824 e. The number of aliphatic hydroxyl groups excluding tert-OH is 1. The van der Waals surface area contributed by atoms with Gasteiger partial charge in [0.1, 0.15) is 0 Å². The Morgan fingerprint density at radius 2 is 1.95 bits per heavy atom. The summed E-state index contributed by atoms with van der Waals surface area (Å²) in [5.74, 6) is 0.334. The minimum absolute atomic E-state index is 0.325. The van der Waals surface area contributed by atoms with Gasteiger partial charge in [-0.25, -0.2) is 0 Å². The second-order valence-electron chi connectivity index (χ2n) is 5.99. The van der Waals surface area contributed by atoms with E-state index < -0.39 is 0 Å². The lowest BCUT2D eigenvalue weighted by atomic mass is 9.87. The van der Waals surface area contributed by atoms with E-state index in [2.05, 4.69) is 49.4 Å². The Balaban J connectivity index is 1.84. The summed E-state index contributed by atoms with van der Waals surface area (Å²) in [7, 11) is 0. The molecule has 0 aliphatic heterocycles. The summed E-state index contributed by atoms with van der Waals surface area (Å²) >= 11 is 0. The second kappa shape index (κ2) is 5.80. The van der Waals surface area contributed by atoms with E-state index in [9.17, 15) is 5.11 Å². The molecule has 0 radical (unpaired) electrons. The Bertz CT molecular complexity index is 588. The van der Waals surface area contributed by atoms with Crippen LogP contribution in [0.1, 0.15) is 41.2 Å². The molecule has 3 rings (SSSR count). The fraction of sp³-hybridized carbons (Fsp3) is 0.368. The van der Waals surface area contributed by atoms with E-state index in [4.69, 9.17) is 0 Å². The monoisotopic (exact) mass is 266 g/mol. The quantitative estimate of drug-likeness (QED) is 0.807. The standard InChI is InChI=1S/C19H22O/c1-14-6-4-7-15(12-14)13-17-10-5-9-16-8-2-3-11-18(16)19(17)20/h2-4,6-8,11-12,17,19-20H,5,9-10,13H2,1H3. The molecule has 2 unspecified atom stereocenters. The Morgan fingerprint density at radius 3 is 2.80 bits per heavy atom. The van der Waals surface area contributed by atoms with Gasteiger partial charge < -0.3 is 5.11 Å². The molecule has 0 bridgehead atoms. The van der Waals surface area contributed by atoms with Gasteiger partial charge in [0.25, 0.3) is 0 Å². The minimum atomic E-state index is -0.325. The minimum Gasteiger partial charge on any atom is -0.388 e. The molecule has 0 aromatic heterocycles. The lowest BCUT2D eigenvalue weighted by molar-refractivity contribution is 0.105. The van der Waals surface area contributed by atoms with Gasteiger partial charge >= 0.3 is 0 Å². The predicted molar refractivity (Wildman–Crippen MR) is 82.7 cm³/mol. The average molecular weight is 266 g/mol. The van der Waals surface area contributed by atoms with Crippen LogP contribution in [0, 0.1) is 12.8 Å². The van der Waals surface area contributed by atoms with Gasteiger partial charge in [-0.2, -0.15) is 0 Å². The van der Waals surface area contributed by atoms with Crippen LogP contribution in [0.2, 0.25) is 0 Å². The summed E-state index contributed by atoms with van der Waals surface area (Å²) in [6, 6.07) is 17.0. The molecule has 0 saturated carbocycles. The van der Waals surface area contributed by atoms with Crippen LogP contribution < -0.4 is 0 Å². The molecule has 1 aliphatic carbocycles. The van der Waals surface area contributed by atoms with Gasteiger partial charge in [-0.05, 0) is 55.2 Å². The molecule has 0 fully saturated rings. The Labute approximate surface area is 121 Å². The third kappa shape index (κ3) is 2.78. The third-order valence-corrected chi connectivity index (χ3v) is 4.42. The zero-order chi connectivity index (χ0) is 13.9. The van der Waals surface area contributed by atoms with E-state index >= 15 is 0 Å². The molecule has 1 nitrogen and oxygen atoms in total. The van der Waals surface area contributed by atoms with Crippen LogP contribution in [-0.4, -0.2) is 5.11 Å². The number of hydrogen-bond acceptors (Lipinski definition) is 1. The molecule has 104 valence electrons. The first kappa shape index (κ1) is 13.4. The lowest BCUT2D eigenvalue weighted by Crippen LogP contribution is -2.14. The van der Waals surface area contributed by atoms with E-state index in [1.807, 2.05) is 6.07 Å². The van der Waals surface area contributed by atoms with Gasteiger partial charge in [-0.3, -0.25) is 0 Å². The van der Waals surface area contributed by atoms with E-state index in [-0.39, 0.29) is 6.10 Å². The smallest absolute Gasteiger partial charge is 0.0824 e. The van der Waals surface area contributed by atoms with Crippen molar-refractivity contribution in [2.24, 2.45) is 5.92 Å². The molecule has 1 aliphatic rings. The van der Waals surface area contributed by atoms with Crippen molar-refractivity contribution in [3.8, 4) is 0 Å². The van der Waals surface area contributed by atoms with E-state index in [1.165, 1.54) is 23.1 Å². The molecule has 1 heteroatoms. The van der Waals surface area contributed by atoms with Crippen molar-refractivity contribution in [1.29, 1.82) is 0 Å². The average Bonchev–Trinajstić information content (AvgIpc) is 2.60. The largest absolute Gasteiger partial charge is 0.388 e. The number of benzene rings is 2. The summed E-state index contributed by atoms with van der Waals surface area (Å²) in [6.07, 6.45) is 4.01. The van der Waals surface area contributed by atoms with Crippen molar-refractivity contribution in [3.63, 3.8) is 0 Å². The van der Waals surface area contributed by atoms with Crippen molar-refractivity contribution in [2.75, 3.05) is 0 Å². The summed E-state index contributed by atoms with van der Waals surface area (Å²) in [5, 5.41) is 10.7. The van der Waals surface area contributed by atoms with Gasteiger partial charge in [0.2, 0.25) is 0 Å². The summed E-state index contributed by atoms with van der Waals surface area (Å²) in [5.41, 5.74) is 5.11. The van der Waals surface area contributed by atoms with Crippen LogP contribution in [0.25, 0.3) is 0 Å². The Hall–Kier alpha value is -1.60. The van der Waals surface area contributed by atoms with Crippen molar-refractivity contribution < 1.29 is 5.11 Å². The highest BCUT2D eigenvalue weighted by molar-refractivity contribution is 5.31. The Kier molecular flexibility index (Phi) is 3.88. The van der Waals surface area contributed by atoms with Crippen LogP contribution in [0.4, 0.5) is 0 Å². The number of rotatable bonds is 2. The maximum absolute atomic E-state index is 10.7. The first-order valence-corrected chi connectivity index (χ1v) is 7.55. The first-order chi connectivity index (χ1) is 9.74. The fourth-order valence-corrected chi connectivity index (χ4v) is 3.37. The summed E-state index contributed by atoms with van der Waals surface area (Å²) < 4.78 is 0. The molecular weight excluding hydrogens is 244 g/mol. The molecule has 0 spiro atoms. The molecule has 0 heterocycles. The van der Waals surface area contributed by atoms with Crippen LogP contribution in [0.3, 0.4) is 0 Å². The highest BCUT2D eigenvalue weighted by Gasteiger charge is 2.25. The number of hydrogen-bond donors (Lipinski definition) is 1.